The minimum absolute atomic E-state index is 0.115. The lowest BCUT2D eigenvalue weighted by Gasteiger charge is -2.12. The van der Waals surface area contributed by atoms with E-state index in [1.807, 2.05) is 24.3 Å². The monoisotopic (exact) mass is 360 g/mol. The van der Waals surface area contributed by atoms with Gasteiger partial charge in [-0.15, -0.1) is 0 Å². The van der Waals surface area contributed by atoms with Crippen molar-refractivity contribution in [1.82, 2.24) is 0 Å². The Morgan fingerprint density at radius 2 is 1.33 bits per heavy atom. The number of hydrogen-bond donors (Lipinski definition) is 0. The third kappa shape index (κ3) is 2.43. The Hall–Kier alpha value is -2.88. The lowest BCUT2D eigenvalue weighted by molar-refractivity contribution is -0.114. The van der Waals surface area contributed by atoms with Crippen molar-refractivity contribution in [3.8, 4) is 0 Å². The number of hydrogen-bond acceptors (Lipinski definition) is 2. The van der Waals surface area contributed by atoms with Crippen molar-refractivity contribution < 1.29 is 9.59 Å². The highest BCUT2D eigenvalue weighted by atomic mass is 16.2. The molecule has 4 nitrogen and oxygen atoms in total. The molecule has 27 heavy (non-hydrogen) atoms. The zero-order chi connectivity index (χ0) is 19.5. The van der Waals surface area contributed by atoms with Crippen molar-refractivity contribution in [2.24, 2.45) is 0 Å². The van der Waals surface area contributed by atoms with Gasteiger partial charge < -0.3 is 9.80 Å². The molecular weight excluding hydrogens is 336 g/mol. The number of amides is 2. The van der Waals surface area contributed by atoms with E-state index in [2.05, 4.69) is 32.9 Å². The number of fused-ring (bicyclic) bond motifs is 2. The molecule has 2 aromatic carbocycles. The Kier molecular flexibility index (Phi) is 3.95. The van der Waals surface area contributed by atoms with Gasteiger partial charge in [0.05, 0.1) is 22.5 Å². The molecule has 2 amide bonds. The maximum absolute atomic E-state index is 13.1. The van der Waals surface area contributed by atoms with Crippen molar-refractivity contribution in [3.05, 3.63) is 58.7 Å². The molecule has 0 bridgehead atoms. The smallest absolute Gasteiger partial charge is 0.259 e. The number of nitrogens with zero attached hydrogens (tertiary/aromatic N) is 2. The van der Waals surface area contributed by atoms with Crippen LogP contribution in [0.15, 0.2) is 36.4 Å². The third-order valence-electron chi connectivity index (χ3n) is 5.71. The number of carbonyl (C=O) groups is 2. The number of anilines is 2. The summed E-state index contributed by atoms with van der Waals surface area (Å²) in [6.07, 6.45) is 0.906. The second kappa shape index (κ2) is 6.08. The Morgan fingerprint density at radius 3 is 1.85 bits per heavy atom. The maximum atomic E-state index is 13.1. The number of rotatable bonds is 2. The predicted octanol–water partition coefficient (Wildman–Crippen LogP) is 4.24. The lowest BCUT2D eigenvalue weighted by Crippen LogP contribution is -2.24. The molecule has 0 fully saturated rings. The van der Waals surface area contributed by atoms with Crippen LogP contribution in [0.1, 0.15) is 48.9 Å². The molecule has 0 radical (unpaired) electrons. The van der Waals surface area contributed by atoms with Crippen LogP contribution in [0, 0.1) is 0 Å². The quantitative estimate of drug-likeness (QED) is 0.752. The van der Waals surface area contributed by atoms with Crippen molar-refractivity contribution in [2.75, 3.05) is 23.9 Å². The van der Waals surface area contributed by atoms with E-state index in [1.165, 1.54) is 11.1 Å². The van der Waals surface area contributed by atoms with E-state index in [0.29, 0.717) is 17.1 Å². The van der Waals surface area contributed by atoms with E-state index >= 15 is 0 Å². The summed E-state index contributed by atoms with van der Waals surface area (Å²) in [5.74, 6) is 0.147. The molecule has 0 aliphatic carbocycles. The minimum Gasteiger partial charge on any atom is -0.311 e. The summed E-state index contributed by atoms with van der Waals surface area (Å²) in [5.41, 5.74) is 6.84. The van der Waals surface area contributed by atoms with E-state index in [9.17, 15) is 9.59 Å². The van der Waals surface area contributed by atoms with E-state index in [4.69, 9.17) is 0 Å². The molecule has 4 heteroatoms. The van der Waals surface area contributed by atoms with Crippen molar-refractivity contribution in [3.63, 3.8) is 0 Å². The van der Waals surface area contributed by atoms with Gasteiger partial charge in [-0.05, 0) is 35.6 Å². The molecule has 0 aromatic heterocycles. The van der Waals surface area contributed by atoms with Crippen LogP contribution in [0.4, 0.5) is 11.4 Å². The number of aryl methyl sites for hydroxylation is 1. The summed E-state index contributed by atoms with van der Waals surface area (Å²) >= 11 is 0. The molecule has 0 saturated carbocycles. The van der Waals surface area contributed by atoms with Crippen LogP contribution in [0.5, 0.6) is 0 Å². The standard InChI is InChI=1S/C23H24N2O2/c1-6-14-7-9-16-18(11-14)24(4)22(26)20(16)21-17-10-8-15(13(2)3)12-19(17)25(5)23(21)27/h7-13H,6H2,1-5H3/b21-20+. The first-order valence-corrected chi connectivity index (χ1v) is 9.43. The fourth-order valence-corrected chi connectivity index (χ4v) is 3.95. The highest BCUT2D eigenvalue weighted by molar-refractivity contribution is 6.49. The van der Waals surface area contributed by atoms with E-state index in [-0.39, 0.29) is 11.8 Å². The molecule has 2 aromatic rings. The van der Waals surface area contributed by atoms with E-state index in [0.717, 1.165) is 28.9 Å². The Morgan fingerprint density at radius 1 is 0.815 bits per heavy atom. The molecule has 4 rings (SSSR count). The van der Waals surface area contributed by atoms with Gasteiger partial charge in [0.1, 0.15) is 0 Å². The van der Waals surface area contributed by atoms with Gasteiger partial charge in [0.2, 0.25) is 0 Å². The first kappa shape index (κ1) is 17.5. The zero-order valence-electron chi connectivity index (χ0n) is 16.5. The molecule has 0 spiro atoms. The Balaban J connectivity index is 1.98. The van der Waals surface area contributed by atoms with E-state index in [1.54, 1.807) is 23.9 Å². The molecule has 0 unspecified atom stereocenters. The second-order valence-corrected chi connectivity index (χ2v) is 7.61. The highest BCUT2D eigenvalue weighted by Gasteiger charge is 2.40. The summed E-state index contributed by atoms with van der Waals surface area (Å²) < 4.78 is 0. The van der Waals surface area contributed by atoms with Crippen molar-refractivity contribution >= 4 is 34.3 Å². The molecule has 0 saturated heterocycles. The SMILES string of the molecule is CCc1ccc2c(c1)N(C)C(=O)/C2=C1/C(=O)N(C)c2cc(C(C)C)ccc21. The molecule has 138 valence electrons. The number of benzene rings is 2. The van der Waals surface area contributed by atoms with Crippen molar-refractivity contribution in [2.45, 2.75) is 33.1 Å². The first-order valence-electron chi connectivity index (χ1n) is 9.43. The molecule has 0 atom stereocenters. The predicted molar refractivity (Wildman–Crippen MR) is 110 cm³/mol. The largest absolute Gasteiger partial charge is 0.311 e. The van der Waals surface area contributed by atoms with Crippen LogP contribution in [-0.4, -0.2) is 25.9 Å². The Labute approximate surface area is 160 Å². The zero-order valence-corrected chi connectivity index (χ0v) is 16.5. The second-order valence-electron chi connectivity index (χ2n) is 7.61. The first-order chi connectivity index (χ1) is 12.8. The van der Waals surface area contributed by atoms with Crippen molar-refractivity contribution in [1.29, 1.82) is 0 Å². The van der Waals surface area contributed by atoms with Gasteiger partial charge >= 0.3 is 0 Å². The topological polar surface area (TPSA) is 40.6 Å². The van der Waals surface area contributed by atoms with Gasteiger partial charge in [-0.3, -0.25) is 9.59 Å². The summed E-state index contributed by atoms with van der Waals surface area (Å²) in [5, 5.41) is 0. The van der Waals surface area contributed by atoms with Crippen LogP contribution in [-0.2, 0) is 16.0 Å². The lowest BCUT2D eigenvalue weighted by atomic mass is 9.93. The minimum atomic E-state index is -0.116. The molecule has 2 aliphatic heterocycles. The van der Waals surface area contributed by atoms with Gasteiger partial charge in [-0.25, -0.2) is 0 Å². The fraction of sp³-hybridized carbons (Fsp3) is 0.304. The molecule has 2 heterocycles. The highest BCUT2D eigenvalue weighted by Crippen LogP contribution is 2.46. The van der Waals surface area contributed by atoms with Crippen LogP contribution in [0.25, 0.3) is 11.1 Å². The molecule has 0 N–H and O–H groups in total. The normalized spacial score (nSPS) is 18.6. The number of likely N-dealkylation sites (N-methyl/N-ethyl adjacent to an activating group) is 2. The van der Waals surface area contributed by atoms with Gasteiger partial charge in [0.15, 0.2) is 0 Å². The maximum Gasteiger partial charge on any atom is 0.259 e. The fourth-order valence-electron chi connectivity index (χ4n) is 3.95. The Bertz CT molecular complexity index is 1020. The van der Waals surface area contributed by atoms with Gasteiger partial charge in [0, 0.05) is 25.2 Å². The number of carbonyl (C=O) groups excluding carboxylic acids is 2. The van der Waals surface area contributed by atoms with Crippen LogP contribution in [0.2, 0.25) is 0 Å². The van der Waals surface area contributed by atoms with Crippen LogP contribution < -0.4 is 9.80 Å². The summed E-state index contributed by atoms with van der Waals surface area (Å²) in [6, 6.07) is 12.2. The summed E-state index contributed by atoms with van der Waals surface area (Å²) in [7, 11) is 3.56. The van der Waals surface area contributed by atoms with Gasteiger partial charge in [0.25, 0.3) is 11.8 Å². The average Bonchev–Trinajstić information content (AvgIpc) is 3.06. The van der Waals surface area contributed by atoms with Gasteiger partial charge in [-0.1, -0.05) is 45.0 Å². The summed E-state index contributed by atoms with van der Waals surface area (Å²) in [4.78, 5) is 29.5. The summed E-state index contributed by atoms with van der Waals surface area (Å²) in [6.45, 7) is 6.36. The third-order valence-corrected chi connectivity index (χ3v) is 5.71. The average molecular weight is 360 g/mol. The van der Waals surface area contributed by atoms with Gasteiger partial charge in [-0.2, -0.15) is 0 Å². The van der Waals surface area contributed by atoms with Crippen LogP contribution in [0.3, 0.4) is 0 Å². The molecule has 2 aliphatic rings. The molecular formula is C23H24N2O2. The van der Waals surface area contributed by atoms with Crippen LogP contribution >= 0.6 is 0 Å². The van der Waals surface area contributed by atoms with E-state index < -0.39 is 0 Å².